The molecule has 5 rings (SSSR count). The Kier molecular flexibility index (Phi) is 9.42. The molecule has 0 saturated heterocycles. The van der Waals surface area contributed by atoms with Gasteiger partial charge in [-0.05, 0) is 101 Å². The Balaban J connectivity index is 1.46. The highest BCUT2D eigenvalue weighted by molar-refractivity contribution is 6.98. The first-order valence-electron chi connectivity index (χ1n) is 15.9. The SMILES string of the molecule is CCCCC(O)CC[C@H]1[C@H](CC(C)(C)[Si](O)(c2ccccc2)c2ccccc2)C[C@@H]2Cc3c(cccc3OC)C[C@@H]21. The summed E-state index contributed by atoms with van der Waals surface area (Å²) < 4.78 is 5.79. The van der Waals surface area contributed by atoms with Crippen LogP contribution in [-0.2, 0) is 12.8 Å². The molecule has 4 heteroatoms. The molecule has 0 heterocycles. The van der Waals surface area contributed by atoms with Gasteiger partial charge in [-0.1, -0.05) is 106 Å². The molecule has 0 aliphatic heterocycles. The van der Waals surface area contributed by atoms with Gasteiger partial charge in [0.05, 0.1) is 13.2 Å². The van der Waals surface area contributed by atoms with Crippen molar-refractivity contribution in [1.29, 1.82) is 0 Å². The zero-order chi connectivity index (χ0) is 29.0. The smallest absolute Gasteiger partial charge is 0.258 e. The van der Waals surface area contributed by atoms with Crippen LogP contribution in [0.5, 0.6) is 5.75 Å². The second-order valence-electron chi connectivity index (χ2n) is 13.5. The summed E-state index contributed by atoms with van der Waals surface area (Å²) in [4.78, 5) is 12.9. The Hall–Kier alpha value is -2.40. The molecule has 2 aliphatic carbocycles. The summed E-state index contributed by atoms with van der Waals surface area (Å²) in [6.45, 7) is 6.85. The molecule has 0 radical (unpaired) electrons. The first kappa shape index (κ1) is 30.1. The van der Waals surface area contributed by atoms with E-state index < -0.39 is 8.32 Å². The van der Waals surface area contributed by atoms with Gasteiger partial charge in [-0.2, -0.15) is 0 Å². The maximum Gasteiger partial charge on any atom is 0.258 e. The first-order chi connectivity index (χ1) is 19.8. The Morgan fingerprint density at radius 3 is 2.17 bits per heavy atom. The highest BCUT2D eigenvalue weighted by atomic mass is 28.4. The zero-order valence-corrected chi connectivity index (χ0v) is 26.6. The molecule has 0 aromatic heterocycles. The second-order valence-corrected chi connectivity index (χ2v) is 17.4. The normalized spacial score (nSPS) is 23.1. The number of hydrogen-bond donors (Lipinski definition) is 2. The number of ether oxygens (including phenoxy) is 1. The van der Waals surface area contributed by atoms with Crippen LogP contribution in [0.15, 0.2) is 78.9 Å². The number of benzene rings is 3. The van der Waals surface area contributed by atoms with Gasteiger partial charge >= 0.3 is 0 Å². The van der Waals surface area contributed by atoms with Gasteiger partial charge in [0.25, 0.3) is 8.32 Å². The molecule has 1 unspecified atom stereocenters. The molecule has 0 amide bonds. The third kappa shape index (κ3) is 6.07. The van der Waals surface area contributed by atoms with E-state index in [1.54, 1.807) is 7.11 Å². The van der Waals surface area contributed by atoms with Gasteiger partial charge in [0.1, 0.15) is 5.75 Å². The number of fused-ring (bicyclic) bond motifs is 2. The molecular formula is C37H50O3Si. The van der Waals surface area contributed by atoms with Crippen molar-refractivity contribution in [3.63, 3.8) is 0 Å². The summed E-state index contributed by atoms with van der Waals surface area (Å²) in [6, 6.07) is 27.5. The number of aliphatic hydroxyl groups is 1. The number of rotatable bonds is 12. The summed E-state index contributed by atoms with van der Waals surface area (Å²) in [6.07, 6.45) is 9.23. The van der Waals surface area contributed by atoms with E-state index in [0.29, 0.717) is 23.7 Å². The maximum atomic E-state index is 12.9. The van der Waals surface area contributed by atoms with Crippen molar-refractivity contribution in [2.45, 2.75) is 89.7 Å². The molecule has 41 heavy (non-hydrogen) atoms. The number of unbranched alkanes of at least 4 members (excludes halogenated alkanes) is 1. The van der Waals surface area contributed by atoms with E-state index in [1.807, 2.05) is 12.1 Å². The fraction of sp³-hybridized carbons (Fsp3) is 0.514. The fourth-order valence-electron chi connectivity index (χ4n) is 8.50. The Bertz CT molecular complexity index is 1220. The Labute approximate surface area is 249 Å². The molecule has 3 aromatic rings. The molecule has 3 aromatic carbocycles. The van der Waals surface area contributed by atoms with Crippen LogP contribution in [0.4, 0.5) is 0 Å². The zero-order valence-electron chi connectivity index (χ0n) is 25.6. The predicted molar refractivity (Wildman–Crippen MR) is 173 cm³/mol. The molecule has 2 N–H and O–H groups in total. The molecule has 2 aliphatic rings. The van der Waals surface area contributed by atoms with Crippen molar-refractivity contribution in [1.82, 2.24) is 0 Å². The lowest BCUT2D eigenvalue weighted by Crippen LogP contribution is -2.65. The molecule has 0 bridgehead atoms. The van der Waals surface area contributed by atoms with Crippen LogP contribution in [0, 0.1) is 23.7 Å². The Morgan fingerprint density at radius 1 is 0.902 bits per heavy atom. The van der Waals surface area contributed by atoms with Gasteiger partial charge < -0.3 is 14.6 Å². The molecule has 3 nitrogen and oxygen atoms in total. The number of aliphatic hydroxyl groups excluding tert-OH is 1. The van der Waals surface area contributed by atoms with Crippen LogP contribution in [0.1, 0.15) is 76.8 Å². The van der Waals surface area contributed by atoms with Gasteiger partial charge in [-0.15, -0.1) is 0 Å². The molecule has 220 valence electrons. The van der Waals surface area contributed by atoms with Crippen LogP contribution in [0.25, 0.3) is 0 Å². The third-order valence-electron chi connectivity index (χ3n) is 10.6. The highest BCUT2D eigenvalue weighted by Gasteiger charge is 2.54. The van der Waals surface area contributed by atoms with E-state index >= 15 is 0 Å². The average Bonchev–Trinajstić information content (AvgIpc) is 3.32. The van der Waals surface area contributed by atoms with Crippen molar-refractivity contribution >= 4 is 18.7 Å². The van der Waals surface area contributed by atoms with Crippen molar-refractivity contribution in [3.8, 4) is 5.75 Å². The third-order valence-corrected chi connectivity index (χ3v) is 15.1. The fourth-order valence-corrected chi connectivity index (χ4v) is 12.3. The quantitative estimate of drug-likeness (QED) is 0.233. The Morgan fingerprint density at radius 2 is 1.56 bits per heavy atom. The number of hydrogen-bond acceptors (Lipinski definition) is 3. The highest BCUT2D eigenvalue weighted by Crippen LogP contribution is 2.56. The average molecular weight is 571 g/mol. The van der Waals surface area contributed by atoms with Gasteiger partial charge in [0, 0.05) is 0 Å². The minimum atomic E-state index is -3.09. The number of methoxy groups -OCH3 is 1. The lowest BCUT2D eigenvalue weighted by atomic mass is 9.72. The van der Waals surface area contributed by atoms with Crippen LogP contribution in [0.3, 0.4) is 0 Å². The summed E-state index contributed by atoms with van der Waals surface area (Å²) >= 11 is 0. The topological polar surface area (TPSA) is 49.7 Å². The van der Waals surface area contributed by atoms with E-state index in [-0.39, 0.29) is 11.1 Å². The molecule has 1 saturated carbocycles. The largest absolute Gasteiger partial charge is 0.496 e. The van der Waals surface area contributed by atoms with E-state index in [0.717, 1.165) is 67.5 Å². The van der Waals surface area contributed by atoms with Gasteiger partial charge in [0.15, 0.2) is 0 Å². The standard InChI is InChI=1S/C37H50O3Si/c1-5-6-15-30(38)21-22-33-29(23-28-25-35-27(24-34(28)33)14-13-20-36(35)40-4)26-37(2,3)41(39,31-16-9-7-10-17-31)32-18-11-8-12-19-32/h7-14,16-20,28-30,33-34,38-39H,5-6,15,21-26H2,1-4H3/t28-,29+,30?,33+,34+/m1/s1. The lowest BCUT2D eigenvalue weighted by molar-refractivity contribution is 0.127. The molecular weight excluding hydrogens is 520 g/mol. The van der Waals surface area contributed by atoms with Gasteiger partial charge in [0.2, 0.25) is 0 Å². The van der Waals surface area contributed by atoms with E-state index in [1.165, 1.54) is 17.5 Å². The van der Waals surface area contributed by atoms with Gasteiger partial charge in [-0.25, -0.2) is 0 Å². The second kappa shape index (κ2) is 12.9. The summed E-state index contributed by atoms with van der Waals surface area (Å²) in [7, 11) is -1.29. The van der Waals surface area contributed by atoms with Crippen molar-refractivity contribution < 1.29 is 14.6 Å². The lowest BCUT2D eigenvalue weighted by Gasteiger charge is -2.44. The minimum absolute atomic E-state index is 0.210. The van der Waals surface area contributed by atoms with Crippen molar-refractivity contribution in [2.75, 3.05) is 7.11 Å². The van der Waals surface area contributed by atoms with Crippen molar-refractivity contribution in [2.24, 2.45) is 23.7 Å². The van der Waals surface area contributed by atoms with E-state index in [4.69, 9.17) is 4.74 Å². The van der Waals surface area contributed by atoms with Crippen LogP contribution >= 0.6 is 0 Å². The van der Waals surface area contributed by atoms with Gasteiger partial charge in [-0.3, -0.25) is 0 Å². The monoisotopic (exact) mass is 570 g/mol. The predicted octanol–water partition coefficient (Wildman–Crippen LogP) is 6.92. The molecule has 0 spiro atoms. The molecule has 5 atom stereocenters. The first-order valence-corrected chi connectivity index (χ1v) is 17.9. The minimum Gasteiger partial charge on any atom is -0.496 e. The summed E-state index contributed by atoms with van der Waals surface area (Å²) in [5, 5.41) is 12.8. The van der Waals surface area contributed by atoms with Crippen LogP contribution in [0.2, 0.25) is 5.04 Å². The molecule has 1 fully saturated rings. The maximum absolute atomic E-state index is 12.9. The van der Waals surface area contributed by atoms with E-state index in [9.17, 15) is 9.90 Å². The van der Waals surface area contributed by atoms with E-state index in [2.05, 4.69) is 87.5 Å². The van der Waals surface area contributed by atoms with Crippen molar-refractivity contribution in [3.05, 3.63) is 90.0 Å². The summed E-state index contributed by atoms with van der Waals surface area (Å²) in [5.41, 5.74) is 2.85. The summed E-state index contributed by atoms with van der Waals surface area (Å²) in [5.74, 6) is 3.36. The van der Waals surface area contributed by atoms with Crippen LogP contribution in [-0.4, -0.2) is 31.4 Å². The van der Waals surface area contributed by atoms with Crippen LogP contribution < -0.4 is 15.1 Å².